The Bertz CT molecular complexity index is 912. The summed E-state index contributed by atoms with van der Waals surface area (Å²) in [4.78, 5) is 12.4. The zero-order valence-corrected chi connectivity index (χ0v) is 15.6. The van der Waals surface area contributed by atoms with E-state index in [4.69, 9.17) is 11.6 Å². The maximum Gasteiger partial charge on any atom is 0.288 e. The first kappa shape index (κ1) is 19.9. The summed E-state index contributed by atoms with van der Waals surface area (Å²) in [5.74, 6) is 0. The third-order valence-corrected chi connectivity index (χ3v) is 5.16. The molecule has 0 radical (unpaired) electrons. The van der Waals surface area contributed by atoms with Crippen LogP contribution in [-0.2, 0) is 16.4 Å². The molecule has 0 amide bonds. The SMILES string of the molecule is CCCCc1ccc(S(=O)(=O)NN=Cc2ccc(Cl)c([N+](=O)[O-])c2)cc1. The highest BCUT2D eigenvalue weighted by Gasteiger charge is 2.14. The summed E-state index contributed by atoms with van der Waals surface area (Å²) in [5, 5.41) is 14.5. The van der Waals surface area contributed by atoms with Gasteiger partial charge >= 0.3 is 0 Å². The van der Waals surface area contributed by atoms with Gasteiger partial charge in [0.25, 0.3) is 15.7 Å². The number of benzene rings is 2. The van der Waals surface area contributed by atoms with Gasteiger partial charge in [0.1, 0.15) is 5.02 Å². The molecule has 0 heterocycles. The molecule has 9 heteroatoms. The van der Waals surface area contributed by atoms with E-state index >= 15 is 0 Å². The number of unbranched alkanes of at least 4 members (excludes halogenated alkanes) is 1. The third kappa shape index (κ3) is 5.27. The molecule has 138 valence electrons. The largest absolute Gasteiger partial charge is 0.288 e. The molecule has 0 saturated heterocycles. The molecular weight excluding hydrogens is 378 g/mol. The highest BCUT2D eigenvalue weighted by Crippen LogP contribution is 2.24. The Balaban J connectivity index is 2.09. The Hall–Kier alpha value is -2.45. The number of nitrogens with zero attached hydrogens (tertiary/aromatic N) is 2. The number of hydrazone groups is 1. The van der Waals surface area contributed by atoms with Crippen LogP contribution in [-0.4, -0.2) is 19.6 Å². The van der Waals surface area contributed by atoms with E-state index in [9.17, 15) is 18.5 Å². The van der Waals surface area contributed by atoms with Gasteiger partial charge in [0.2, 0.25) is 0 Å². The fourth-order valence-electron chi connectivity index (χ4n) is 2.19. The van der Waals surface area contributed by atoms with E-state index in [0.717, 1.165) is 24.8 Å². The molecule has 2 aromatic rings. The number of nitro groups is 1. The second-order valence-electron chi connectivity index (χ2n) is 5.57. The first-order valence-electron chi connectivity index (χ1n) is 7.91. The highest BCUT2D eigenvalue weighted by molar-refractivity contribution is 7.89. The van der Waals surface area contributed by atoms with Crippen molar-refractivity contribution in [3.63, 3.8) is 0 Å². The van der Waals surface area contributed by atoms with Crippen molar-refractivity contribution in [2.45, 2.75) is 31.1 Å². The lowest BCUT2D eigenvalue weighted by molar-refractivity contribution is -0.384. The van der Waals surface area contributed by atoms with Crippen molar-refractivity contribution in [2.75, 3.05) is 0 Å². The number of hydrogen-bond acceptors (Lipinski definition) is 5. The fraction of sp³-hybridized carbons (Fsp3) is 0.235. The molecule has 0 saturated carbocycles. The van der Waals surface area contributed by atoms with Gasteiger partial charge in [-0.25, -0.2) is 4.83 Å². The molecule has 2 rings (SSSR count). The van der Waals surface area contributed by atoms with Crippen LogP contribution in [0.4, 0.5) is 5.69 Å². The Morgan fingerprint density at radius 2 is 1.92 bits per heavy atom. The normalized spacial score (nSPS) is 11.6. The topological polar surface area (TPSA) is 102 Å². The van der Waals surface area contributed by atoms with Crippen molar-refractivity contribution in [3.05, 3.63) is 68.7 Å². The number of hydrogen-bond donors (Lipinski definition) is 1. The molecule has 0 spiro atoms. The molecule has 0 fully saturated rings. The molecule has 0 bridgehead atoms. The smallest absolute Gasteiger partial charge is 0.258 e. The van der Waals surface area contributed by atoms with Gasteiger partial charge in [-0.05, 0) is 36.6 Å². The minimum atomic E-state index is -3.81. The number of halogens is 1. The Morgan fingerprint density at radius 1 is 1.23 bits per heavy atom. The molecule has 2 aromatic carbocycles. The minimum Gasteiger partial charge on any atom is -0.258 e. The minimum absolute atomic E-state index is 0.00380. The van der Waals surface area contributed by atoms with Gasteiger partial charge in [0.15, 0.2) is 0 Å². The average molecular weight is 396 g/mol. The van der Waals surface area contributed by atoms with E-state index in [1.807, 2.05) is 0 Å². The lowest BCUT2D eigenvalue weighted by Crippen LogP contribution is -2.18. The maximum atomic E-state index is 12.2. The Morgan fingerprint density at radius 3 is 2.54 bits per heavy atom. The standard InChI is InChI=1S/C17H18ClN3O4S/c1-2-3-4-13-5-8-15(9-6-13)26(24,25)20-19-12-14-7-10-16(18)17(11-14)21(22)23/h5-12,20H,2-4H2,1H3. The summed E-state index contributed by atoms with van der Waals surface area (Å²) in [6, 6.07) is 10.7. The van der Waals surface area contributed by atoms with Gasteiger partial charge in [0, 0.05) is 11.6 Å². The Labute approximate surface area is 156 Å². The van der Waals surface area contributed by atoms with Crippen molar-refractivity contribution in [3.8, 4) is 0 Å². The Kier molecular flexibility index (Phi) is 6.70. The summed E-state index contributed by atoms with van der Waals surface area (Å²) in [6.07, 6.45) is 4.19. The van der Waals surface area contributed by atoms with Gasteiger partial charge in [-0.3, -0.25) is 10.1 Å². The lowest BCUT2D eigenvalue weighted by atomic mass is 10.1. The predicted octanol–water partition coefficient (Wildman–Crippen LogP) is 3.90. The maximum absolute atomic E-state index is 12.2. The molecule has 7 nitrogen and oxygen atoms in total. The van der Waals surface area contributed by atoms with E-state index in [1.165, 1.54) is 36.5 Å². The van der Waals surface area contributed by atoms with Gasteiger partial charge in [-0.1, -0.05) is 43.1 Å². The molecule has 0 aromatic heterocycles. The van der Waals surface area contributed by atoms with Crippen molar-refractivity contribution < 1.29 is 13.3 Å². The third-order valence-electron chi connectivity index (χ3n) is 3.61. The van der Waals surface area contributed by atoms with Crippen LogP contribution in [0.5, 0.6) is 0 Å². The zero-order valence-electron chi connectivity index (χ0n) is 14.1. The molecule has 0 atom stereocenters. The number of rotatable bonds is 8. The van der Waals surface area contributed by atoms with E-state index in [2.05, 4.69) is 16.9 Å². The van der Waals surface area contributed by atoms with E-state index in [0.29, 0.717) is 5.56 Å². The lowest BCUT2D eigenvalue weighted by Gasteiger charge is -2.05. The van der Waals surface area contributed by atoms with Crippen LogP contribution < -0.4 is 4.83 Å². The van der Waals surface area contributed by atoms with E-state index < -0.39 is 14.9 Å². The highest BCUT2D eigenvalue weighted by atomic mass is 35.5. The molecule has 0 aliphatic heterocycles. The second-order valence-corrected chi connectivity index (χ2v) is 7.64. The monoisotopic (exact) mass is 395 g/mol. The van der Waals surface area contributed by atoms with Crippen LogP contribution in [0, 0.1) is 10.1 Å². The number of nitro benzene ring substituents is 1. The van der Waals surface area contributed by atoms with E-state index in [-0.39, 0.29) is 15.6 Å². The number of sulfonamides is 1. The van der Waals surface area contributed by atoms with Crippen LogP contribution in [0.3, 0.4) is 0 Å². The van der Waals surface area contributed by atoms with Crippen LogP contribution in [0.15, 0.2) is 52.5 Å². The summed E-state index contributed by atoms with van der Waals surface area (Å²) in [6.45, 7) is 2.09. The summed E-state index contributed by atoms with van der Waals surface area (Å²) < 4.78 is 24.4. The fourth-order valence-corrected chi connectivity index (χ4v) is 3.17. The zero-order chi connectivity index (χ0) is 19.2. The van der Waals surface area contributed by atoms with Crippen molar-refractivity contribution in [2.24, 2.45) is 5.10 Å². The molecule has 1 N–H and O–H groups in total. The molecule has 0 aliphatic rings. The summed E-state index contributed by atoms with van der Waals surface area (Å²) in [7, 11) is -3.81. The van der Waals surface area contributed by atoms with Crippen molar-refractivity contribution in [1.82, 2.24) is 4.83 Å². The summed E-state index contributed by atoms with van der Waals surface area (Å²) >= 11 is 5.72. The van der Waals surface area contributed by atoms with Crippen LogP contribution >= 0.6 is 11.6 Å². The summed E-state index contributed by atoms with van der Waals surface area (Å²) in [5.41, 5.74) is 1.14. The quantitative estimate of drug-likeness (QED) is 0.416. The van der Waals surface area contributed by atoms with Crippen molar-refractivity contribution >= 4 is 33.5 Å². The van der Waals surface area contributed by atoms with Gasteiger partial charge in [-0.2, -0.15) is 13.5 Å². The first-order chi connectivity index (χ1) is 12.3. The molecule has 26 heavy (non-hydrogen) atoms. The van der Waals surface area contributed by atoms with E-state index in [1.54, 1.807) is 12.1 Å². The number of aryl methyl sites for hydroxylation is 1. The van der Waals surface area contributed by atoms with Crippen LogP contribution in [0.2, 0.25) is 5.02 Å². The van der Waals surface area contributed by atoms with Gasteiger partial charge < -0.3 is 0 Å². The van der Waals surface area contributed by atoms with Crippen LogP contribution in [0.25, 0.3) is 0 Å². The van der Waals surface area contributed by atoms with Gasteiger partial charge in [-0.15, -0.1) is 0 Å². The first-order valence-corrected chi connectivity index (χ1v) is 9.77. The molecule has 0 unspecified atom stereocenters. The second kappa shape index (κ2) is 8.77. The van der Waals surface area contributed by atoms with Crippen molar-refractivity contribution in [1.29, 1.82) is 0 Å². The molecule has 0 aliphatic carbocycles. The molecular formula is C17H18ClN3O4S. The van der Waals surface area contributed by atoms with Gasteiger partial charge in [0.05, 0.1) is 16.0 Å². The van der Waals surface area contributed by atoms with Crippen LogP contribution in [0.1, 0.15) is 30.9 Å². The predicted molar refractivity (Wildman–Crippen MR) is 101 cm³/mol. The number of nitrogens with one attached hydrogen (secondary N) is 1. The average Bonchev–Trinajstić information content (AvgIpc) is 2.61.